The Morgan fingerprint density at radius 3 is 2.48 bits per heavy atom. The standard InChI is InChI=1S/C19H35N3O3/c1-3-20-18(24)22-13-10-19(11-14-22,12-15-25-2)21-17(23)9-8-16-6-4-5-7-16/h16H,3-15H2,1-2H3,(H,20,24)(H,21,23). The molecule has 0 aromatic rings. The van der Waals surface area contributed by atoms with Crippen molar-refractivity contribution in [2.24, 2.45) is 5.92 Å². The quantitative estimate of drug-likeness (QED) is 0.705. The third-order valence-electron chi connectivity index (χ3n) is 5.78. The van der Waals surface area contributed by atoms with Crippen LogP contribution in [0.5, 0.6) is 0 Å². The van der Waals surface area contributed by atoms with Crippen LogP contribution in [0.1, 0.15) is 64.7 Å². The molecule has 1 aliphatic carbocycles. The summed E-state index contributed by atoms with van der Waals surface area (Å²) in [7, 11) is 1.69. The Bertz CT molecular complexity index is 428. The van der Waals surface area contributed by atoms with Gasteiger partial charge < -0.3 is 20.3 Å². The number of likely N-dealkylation sites (tertiary alicyclic amines) is 1. The van der Waals surface area contributed by atoms with Crippen molar-refractivity contribution in [1.29, 1.82) is 0 Å². The second-order valence-electron chi connectivity index (χ2n) is 7.58. The van der Waals surface area contributed by atoms with Crippen LogP contribution in [0.25, 0.3) is 0 Å². The lowest BCUT2D eigenvalue weighted by atomic mass is 9.84. The van der Waals surface area contributed by atoms with Crippen LogP contribution in [-0.4, -0.2) is 55.7 Å². The van der Waals surface area contributed by atoms with E-state index in [1.54, 1.807) is 7.11 Å². The maximum atomic E-state index is 12.5. The molecule has 1 saturated carbocycles. The number of rotatable bonds is 8. The normalized spacial score (nSPS) is 20.5. The molecular formula is C19H35N3O3. The zero-order valence-electron chi connectivity index (χ0n) is 15.9. The van der Waals surface area contributed by atoms with Gasteiger partial charge in [0.05, 0.1) is 0 Å². The Morgan fingerprint density at radius 2 is 1.88 bits per heavy atom. The molecule has 2 rings (SSSR count). The van der Waals surface area contributed by atoms with Gasteiger partial charge in [0.1, 0.15) is 0 Å². The highest BCUT2D eigenvalue weighted by molar-refractivity contribution is 5.77. The number of urea groups is 1. The maximum Gasteiger partial charge on any atom is 0.317 e. The van der Waals surface area contributed by atoms with Gasteiger partial charge in [-0.25, -0.2) is 4.79 Å². The van der Waals surface area contributed by atoms with E-state index in [4.69, 9.17) is 4.74 Å². The fourth-order valence-corrected chi connectivity index (χ4v) is 4.13. The molecule has 0 spiro atoms. The number of piperidine rings is 1. The lowest BCUT2D eigenvalue weighted by Crippen LogP contribution is -2.57. The number of carbonyl (C=O) groups excluding carboxylic acids is 2. The Balaban J connectivity index is 1.84. The average molecular weight is 354 g/mol. The summed E-state index contributed by atoms with van der Waals surface area (Å²) in [4.78, 5) is 26.4. The Kier molecular flexibility index (Phi) is 8.00. The minimum atomic E-state index is -0.230. The molecule has 2 aliphatic rings. The van der Waals surface area contributed by atoms with E-state index in [2.05, 4.69) is 10.6 Å². The van der Waals surface area contributed by atoms with Crippen LogP contribution >= 0.6 is 0 Å². The van der Waals surface area contributed by atoms with Crippen LogP contribution in [-0.2, 0) is 9.53 Å². The van der Waals surface area contributed by atoms with Crippen LogP contribution in [0.4, 0.5) is 4.79 Å². The monoisotopic (exact) mass is 353 g/mol. The number of methoxy groups -OCH3 is 1. The molecule has 0 aromatic carbocycles. The van der Waals surface area contributed by atoms with Crippen LogP contribution in [0.3, 0.4) is 0 Å². The molecule has 0 radical (unpaired) electrons. The van der Waals surface area contributed by atoms with Crippen LogP contribution in [0.2, 0.25) is 0 Å². The van der Waals surface area contributed by atoms with Crippen LogP contribution < -0.4 is 10.6 Å². The second-order valence-corrected chi connectivity index (χ2v) is 7.58. The molecule has 144 valence electrons. The van der Waals surface area contributed by atoms with Crippen molar-refractivity contribution in [2.75, 3.05) is 33.4 Å². The minimum Gasteiger partial charge on any atom is -0.385 e. The molecule has 0 bridgehead atoms. The summed E-state index contributed by atoms with van der Waals surface area (Å²) in [5.74, 6) is 0.898. The summed E-state index contributed by atoms with van der Waals surface area (Å²) < 4.78 is 5.26. The molecule has 6 heteroatoms. The first kappa shape index (κ1) is 20.0. The van der Waals surface area contributed by atoms with E-state index in [1.807, 2.05) is 11.8 Å². The number of carbonyl (C=O) groups is 2. The van der Waals surface area contributed by atoms with E-state index < -0.39 is 0 Å². The van der Waals surface area contributed by atoms with E-state index in [-0.39, 0.29) is 17.5 Å². The number of amides is 3. The number of hydrogen-bond acceptors (Lipinski definition) is 3. The average Bonchev–Trinajstić information content (AvgIpc) is 3.13. The number of nitrogens with one attached hydrogen (secondary N) is 2. The van der Waals surface area contributed by atoms with Crippen molar-refractivity contribution >= 4 is 11.9 Å². The highest BCUT2D eigenvalue weighted by atomic mass is 16.5. The maximum absolute atomic E-state index is 12.5. The van der Waals surface area contributed by atoms with Gasteiger partial charge in [-0.2, -0.15) is 0 Å². The SMILES string of the molecule is CCNC(=O)N1CCC(CCOC)(NC(=O)CCC2CCCC2)CC1. The zero-order chi connectivity index (χ0) is 18.1. The summed E-state index contributed by atoms with van der Waals surface area (Å²) in [5.41, 5.74) is -0.230. The van der Waals surface area contributed by atoms with Crippen molar-refractivity contribution in [3.63, 3.8) is 0 Å². The van der Waals surface area contributed by atoms with Gasteiger partial charge in [0, 0.05) is 45.3 Å². The third-order valence-corrected chi connectivity index (χ3v) is 5.78. The van der Waals surface area contributed by atoms with Crippen molar-refractivity contribution in [2.45, 2.75) is 70.3 Å². The zero-order valence-corrected chi connectivity index (χ0v) is 15.9. The molecule has 1 saturated heterocycles. The Labute approximate surface area is 152 Å². The predicted molar refractivity (Wildman–Crippen MR) is 98.4 cm³/mol. The van der Waals surface area contributed by atoms with Crippen molar-refractivity contribution < 1.29 is 14.3 Å². The molecule has 0 unspecified atom stereocenters. The van der Waals surface area contributed by atoms with Crippen molar-refractivity contribution in [3.8, 4) is 0 Å². The molecular weight excluding hydrogens is 318 g/mol. The largest absolute Gasteiger partial charge is 0.385 e. The van der Waals surface area contributed by atoms with Crippen LogP contribution in [0, 0.1) is 5.92 Å². The highest BCUT2D eigenvalue weighted by Crippen LogP contribution is 2.30. The summed E-state index contributed by atoms with van der Waals surface area (Å²) >= 11 is 0. The first-order valence-corrected chi connectivity index (χ1v) is 9.91. The first-order chi connectivity index (χ1) is 12.1. The van der Waals surface area contributed by atoms with E-state index in [0.29, 0.717) is 32.7 Å². The van der Waals surface area contributed by atoms with Gasteiger partial charge in [-0.3, -0.25) is 4.79 Å². The van der Waals surface area contributed by atoms with Crippen molar-refractivity contribution in [3.05, 3.63) is 0 Å². The topological polar surface area (TPSA) is 70.7 Å². The molecule has 0 atom stereocenters. The summed E-state index contributed by atoms with van der Waals surface area (Å²) in [6.07, 6.45) is 9.23. The number of nitrogens with zero attached hydrogens (tertiary/aromatic N) is 1. The lowest BCUT2D eigenvalue weighted by molar-refractivity contribution is -0.124. The van der Waals surface area contributed by atoms with Crippen molar-refractivity contribution in [1.82, 2.24) is 15.5 Å². The Hall–Kier alpha value is -1.30. The summed E-state index contributed by atoms with van der Waals surface area (Å²) in [5, 5.41) is 6.16. The van der Waals surface area contributed by atoms with E-state index in [9.17, 15) is 9.59 Å². The number of ether oxygens (including phenoxy) is 1. The van der Waals surface area contributed by atoms with Gasteiger partial charge in [-0.05, 0) is 38.5 Å². The van der Waals surface area contributed by atoms with Gasteiger partial charge in [0.15, 0.2) is 0 Å². The smallest absolute Gasteiger partial charge is 0.317 e. The predicted octanol–water partition coefficient (Wildman–Crippen LogP) is 2.67. The molecule has 6 nitrogen and oxygen atoms in total. The fourth-order valence-electron chi connectivity index (χ4n) is 4.13. The number of hydrogen-bond donors (Lipinski definition) is 2. The third kappa shape index (κ3) is 6.17. The molecule has 25 heavy (non-hydrogen) atoms. The van der Waals surface area contributed by atoms with Gasteiger partial charge in [-0.1, -0.05) is 25.7 Å². The van der Waals surface area contributed by atoms with Gasteiger partial charge in [0.2, 0.25) is 5.91 Å². The van der Waals surface area contributed by atoms with Gasteiger partial charge in [0.25, 0.3) is 0 Å². The minimum absolute atomic E-state index is 0.00426. The van der Waals surface area contributed by atoms with E-state index in [0.717, 1.165) is 31.6 Å². The van der Waals surface area contributed by atoms with E-state index in [1.165, 1.54) is 25.7 Å². The summed E-state index contributed by atoms with van der Waals surface area (Å²) in [6.45, 7) is 4.55. The summed E-state index contributed by atoms with van der Waals surface area (Å²) in [6, 6.07) is -0.00426. The highest BCUT2D eigenvalue weighted by Gasteiger charge is 2.36. The van der Waals surface area contributed by atoms with Gasteiger partial charge >= 0.3 is 6.03 Å². The molecule has 1 heterocycles. The molecule has 3 amide bonds. The Morgan fingerprint density at radius 1 is 1.20 bits per heavy atom. The molecule has 0 aromatic heterocycles. The van der Waals surface area contributed by atoms with Gasteiger partial charge in [-0.15, -0.1) is 0 Å². The first-order valence-electron chi connectivity index (χ1n) is 9.91. The molecule has 1 aliphatic heterocycles. The molecule has 2 fully saturated rings. The lowest BCUT2D eigenvalue weighted by Gasteiger charge is -2.42. The fraction of sp³-hybridized carbons (Fsp3) is 0.895. The molecule has 2 N–H and O–H groups in total. The second kappa shape index (κ2) is 10.00. The van der Waals surface area contributed by atoms with Crippen LogP contribution in [0.15, 0.2) is 0 Å². The van der Waals surface area contributed by atoms with E-state index >= 15 is 0 Å².